The quantitative estimate of drug-likeness (QED) is 0.477. The molecule has 1 N–H and O–H groups in total. The first-order valence-corrected chi connectivity index (χ1v) is 11.2. The third kappa shape index (κ3) is 4.95. The van der Waals surface area contributed by atoms with E-state index in [2.05, 4.69) is 15.4 Å². The molecule has 0 unspecified atom stereocenters. The summed E-state index contributed by atoms with van der Waals surface area (Å²) in [5, 5.41) is 8.32. The van der Waals surface area contributed by atoms with Crippen LogP contribution in [0.25, 0.3) is 10.8 Å². The molecule has 0 spiro atoms. The maximum absolute atomic E-state index is 13.7. The lowest BCUT2D eigenvalue weighted by atomic mass is 10.1. The monoisotopic (exact) mass is 438 g/mol. The van der Waals surface area contributed by atoms with E-state index in [1.54, 1.807) is 36.4 Å². The Morgan fingerprint density at radius 1 is 1.00 bits per heavy atom. The Hall–Kier alpha value is -3.59. The molecule has 31 heavy (non-hydrogen) atoms. The number of carbonyl (C=O) groups excluding carboxylic acids is 1. The van der Waals surface area contributed by atoms with Gasteiger partial charge in [-0.1, -0.05) is 48.5 Å². The van der Waals surface area contributed by atoms with E-state index in [1.807, 2.05) is 24.3 Å². The van der Waals surface area contributed by atoms with E-state index in [4.69, 9.17) is 0 Å². The van der Waals surface area contributed by atoms with Crippen LogP contribution in [0.1, 0.15) is 12.0 Å². The average Bonchev–Trinajstić information content (AvgIpc) is 3.20. The Bertz CT molecular complexity index is 1350. The van der Waals surface area contributed by atoms with E-state index in [-0.39, 0.29) is 35.4 Å². The molecular weight excluding hydrogens is 419 g/mol. The van der Waals surface area contributed by atoms with Crippen LogP contribution in [0, 0.1) is 5.82 Å². The second-order valence-corrected chi connectivity index (χ2v) is 9.09. The molecule has 0 aliphatic carbocycles. The number of nitrogens with one attached hydrogen (secondary N) is 1. The number of carbonyl (C=O) groups is 1. The van der Waals surface area contributed by atoms with Crippen LogP contribution in [0.5, 0.6) is 0 Å². The lowest BCUT2D eigenvalue weighted by Gasteiger charge is -2.06. The number of amides is 1. The van der Waals surface area contributed by atoms with Gasteiger partial charge in [0.1, 0.15) is 12.1 Å². The first-order valence-electron chi connectivity index (χ1n) is 9.55. The molecule has 0 saturated carbocycles. The fraction of sp³-hybridized carbons (Fsp3) is 0.136. The summed E-state index contributed by atoms with van der Waals surface area (Å²) in [6.45, 7) is 0.159. The van der Waals surface area contributed by atoms with Crippen molar-refractivity contribution in [1.29, 1.82) is 0 Å². The van der Waals surface area contributed by atoms with Gasteiger partial charge in [-0.2, -0.15) is 0 Å². The zero-order valence-corrected chi connectivity index (χ0v) is 17.2. The summed E-state index contributed by atoms with van der Waals surface area (Å²) < 4.78 is 40.4. The maximum atomic E-state index is 13.7. The molecule has 0 atom stereocenters. The standard InChI is InChI=1S/C22H19FN4O3S/c23-20-8-4-3-7-18(20)14-27-15-24-22(26-27)25-21(28)11-12-31(29,30)19-10-9-16-5-1-2-6-17(16)13-19/h1-10,13,15H,11-12,14H2,(H,25,26,28). The van der Waals surface area contributed by atoms with E-state index in [1.165, 1.54) is 17.1 Å². The Balaban J connectivity index is 1.36. The molecule has 1 heterocycles. The highest BCUT2D eigenvalue weighted by Crippen LogP contribution is 2.20. The van der Waals surface area contributed by atoms with Gasteiger partial charge in [0.25, 0.3) is 0 Å². The molecule has 7 nitrogen and oxygen atoms in total. The second kappa shape index (κ2) is 8.65. The highest BCUT2D eigenvalue weighted by atomic mass is 32.2. The van der Waals surface area contributed by atoms with E-state index < -0.39 is 15.7 Å². The van der Waals surface area contributed by atoms with Gasteiger partial charge >= 0.3 is 0 Å². The van der Waals surface area contributed by atoms with Crippen molar-refractivity contribution in [3.63, 3.8) is 0 Å². The highest BCUT2D eigenvalue weighted by molar-refractivity contribution is 7.91. The summed E-state index contributed by atoms with van der Waals surface area (Å²) in [7, 11) is -3.63. The van der Waals surface area contributed by atoms with Crippen LogP contribution in [0.15, 0.2) is 78.0 Å². The van der Waals surface area contributed by atoms with Crippen LogP contribution in [0.4, 0.5) is 10.3 Å². The molecule has 0 radical (unpaired) electrons. The van der Waals surface area contributed by atoms with Gasteiger partial charge < -0.3 is 0 Å². The average molecular weight is 438 g/mol. The largest absolute Gasteiger partial charge is 0.293 e. The van der Waals surface area contributed by atoms with Crippen molar-refractivity contribution in [3.8, 4) is 0 Å². The number of halogens is 1. The number of hydrogen-bond donors (Lipinski definition) is 1. The molecule has 4 aromatic rings. The predicted molar refractivity (Wildman–Crippen MR) is 115 cm³/mol. The van der Waals surface area contributed by atoms with Crippen LogP contribution in [-0.2, 0) is 21.2 Å². The summed E-state index contributed by atoms with van der Waals surface area (Å²) in [6, 6.07) is 18.6. The van der Waals surface area contributed by atoms with Gasteiger partial charge in [-0.05, 0) is 29.0 Å². The molecule has 3 aromatic carbocycles. The fourth-order valence-electron chi connectivity index (χ4n) is 3.12. The van der Waals surface area contributed by atoms with Gasteiger partial charge in [-0.25, -0.2) is 22.5 Å². The Kier molecular flexibility index (Phi) is 5.77. The van der Waals surface area contributed by atoms with Gasteiger partial charge in [-0.3, -0.25) is 10.1 Å². The summed E-state index contributed by atoms with van der Waals surface area (Å²) in [5.74, 6) is -1.19. The van der Waals surface area contributed by atoms with Crippen molar-refractivity contribution in [2.45, 2.75) is 17.9 Å². The zero-order valence-electron chi connectivity index (χ0n) is 16.4. The maximum Gasteiger partial charge on any atom is 0.248 e. The molecular formula is C22H19FN4O3S. The SMILES string of the molecule is O=C(CCS(=O)(=O)c1ccc2ccccc2c1)Nc1ncn(Cc2ccccc2F)n1. The van der Waals surface area contributed by atoms with Gasteiger partial charge in [0.05, 0.1) is 17.2 Å². The molecule has 9 heteroatoms. The number of benzene rings is 3. The van der Waals surface area contributed by atoms with Gasteiger partial charge in [0, 0.05) is 12.0 Å². The van der Waals surface area contributed by atoms with Crippen LogP contribution in [0.3, 0.4) is 0 Å². The molecule has 158 valence electrons. The van der Waals surface area contributed by atoms with E-state index in [0.29, 0.717) is 5.56 Å². The first-order chi connectivity index (χ1) is 14.9. The van der Waals surface area contributed by atoms with Crippen molar-refractivity contribution in [1.82, 2.24) is 14.8 Å². The minimum Gasteiger partial charge on any atom is -0.293 e. The van der Waals surface area contributed by atoms with E-state index in [0.717, 1.165) is 10.8 Å². The third-order valence-corrected chi connectivity index (χ3v) is 6.47. The number of nitrogens with zero attached hydrogens (tertiary/aromatic N) is 3. The number of hydrogen-bond acceptors (Lipinski definition) is 5. The summed E-state index contributed by atoms with van der Waals surface area (Å²) in [4.78, 5) is 16.3. The smallest absolute Gasteiger partial charge is 0.248 e. The zero-order chi connectivity index (χ0) is 21.8. The molecule has 0 aliphatic heterocycles. The normalized spacial score (nSPS) is 11.5. The molecule has 1 aromatic heterocycles. The van der Waals surface area contributed by atoms with E-state index >= 15 is 0 Å². The van der Waals surface area contributed by atoms with Crippen LogP contribution in [0.2, 0.25) is 0 Å². The molecule has 0 bridgehead atoms. The topological polar surface area (TPSA) is 94.0 Å². The van der Waals surface area contributed by atoms with Crippen molar-refractivity contribution < 1.29 is 17.6 Å². The summed E-state index contributed by atoms with van der Waals surface area (Å²) in [5.41, 5.74) is 0.437. The highest BCUT2D eigenvalue weighted by Gasteiger charge is 2.18. The minimum absolute atomic E-state index is 0.0319. The molecule has 1 amide bonds. The second-order valence-electron chi connectivity index (χ2n) is 6.98. The lowest BCUT2D eigenvalue weighted by molar-refractivity contribution is -0.115. The lowest BCUT2D eigenvalue weighted by Crippen LogP contribution is -2.18. The van der Waals surface area contributed by atoms with Crippen molar-refractivity contribution in [2.24, 2.45) is 0 Å². The summed E-state index contributed by atoms with van der Waals surface area (Å²) >= 11 is 0. The van der Waals surface area contributed by atoms with Crippen LogP contribution < -0.4 is 5.32 Å². The van der Waals surface area contributed by atoms with Crippen molar-refractivity contribution in [3.05, 3.63) is 84.4 Å². The molecule has 4 rings (SSSR count). The number of fused-ring (bicyclic) bond motifs is 1. The third-order valence-electron chi connectivity index (χ3n) is 4.76. The van der Waals surface area contributed by atoms with Crippen molar-refractivity contribution >= 4 is 32.5 Å². The number of rotatable bonds is 7. The number of anilines is 1. The van der Waals surface area contributed by atoms with Gasteiger partial charge in [0.15, 0.2) is 9.84 Å². The van der Waals surface area contributed by atoms with Crippen LogP contribution in [-0.4, -0.2) is 34.8 Å². The minimum atomic E-state index is -3.63. The van der Waals surface area contributed by atoms with E-state index in [9.17, 15) is 17.6 Å². The Morgan fingerprint density at radius 2 is 1.74 bits per heavy atom. The number of aromatic nitrogens is 3. The Labute approximate surface area is 178 Å². The summed E-state index contributed by atoms with van der Waals surface area (Å²) in [6.07, 6.45) is 1.13. The number of sulfone groups is 1. The predicted octanol–water partition coefficient (Wildman–Crippen LogP) is 3.42. The van der Waals surface area contributed by atoms with Crippen molar-refractivity contribution in [2.75, 3.05) is 11.1 Å². The van der Waals surface area contributed by atoms with Gasteiger partial charge in [-0.15, -0.1) is 5.10 Å². The molecule has 0 fully saturated rings. The molecule has 0 aliphatic rings. The van der Waals surface area contributed by atoms with Gasteiger partial charge in [0.2, 0.25) is 11.9 Å². The van der Waals surface area contributed by atoms with Crippen LogP contribution >= 0.6 is 0 Å². The Morgan fingerprint density at radius 3 is 2.55 bits per heavy atom. The first kappa shape index (κ1) is 20.7. The fourth-order valence-corrected chi connectivity index (χ4v) is 4.39. The molecule has 0 saturated heterocycles.